The standard InChI is InChI=1S/C23H29NO5.C6H13N/c1-22(2,3)28-15-19(20(25)26)24-21(27)29-23(4,5)18-13-11-17(12-14-18)16-9-7-6-8-10-16;7-6-4-2-1-3-5-6/h6-14,19H,15H2,1-5H3,(H,24,27)(H,25,26);6H,1-5,7H2. The van der Waals surface area contributed by atoms with Gasteiger partial charge in [0.05, 0.1) is 12.2 Å². The Morgan fingerprint density at radius 3 is 1.97 bits per heavy atom. The molecule has 1 atom stereocenters. The molecule has 1 unspecified atom stereocenters. The third kappa shape index (κ3) is 10.4. The predicted octanol–water partition coefficient (Wildman–Crippen LogP) is 5.86. The van der Waals surface area contributed by atoms with Crippen molar-refractivity contribution < 1.29 is 24.2 Å². The van der Waals surface area contributed by atoms with Crippen molar-refractivity contribution in [2.24, 2.45) is 5.73 Å². The zero-order chi connectivity index (χ0) is 26.8. The number of benzene rings is 2. The fraction of sp³-hybridized carbons (Fsp3) is 0.517. The van der Waals surface area contributed by atoms with E-state index >= 15 is 0 Å². The van der Waals surface area contributed by atoms with E-state index in [1.54, 1.807) is 13.8 Å². The molecule has 1 amide bonds. The third-order valence-electron chi connectivity index (χ3n) is 5.96. The highest BCUT2D eigenvalue weighted by Gasteiger charge is 2.29. The summed E-state index contributed by atoms with van der Waals surface area (Å²) in [6.45, 7) is 8.79. The number of carboxylic acids is 1. The lowest BCUT2D eigenvalue weighted by Gasteiger charge is -2.28. The van der Waals surface area contributed by atoms with Gasteiger partial charge in [0, 0.05) is 6.04 Å². The molecule has 2 aromatic rings. The Morgan fingerprint density at radius 1 is 0.944 bits per heavy atom. The van der Waals surface area contributed by atoms with E-state index in [-0.39, 0.29) is 6.61 Å². The molecule has 3 rings (SSSR count). The molecule has 36 heavy (non-hydrogen) atoms. The summed E-state index contributed by atoms with van der Waals surface area (Å²) in [7, 11) is 0. The summed E-state index contributed by atoms with van der Waals surface area (Å²) < 4.78 is 11.0. The lowest BCUT2D eigenvalue weighted by Crippen LogP contribution is -2.47. The number of nitrogens with two attached hydrogens (primary N) is 1. The van der Waals surface area contributed by atoms with Gasteiger partial charge in [-0.15, -0.1) is 0 Å². The Hall–Kier alpha value is -2.90. The SMILES string of the molecule is CC(C)(C)OCC(NC(=O)OC(C)(C)c1ccc(-c2ccccc2)cc1)C(=O)O.NC1CCCCC1. The van der Waals surface area contributed by atoms with Crippen molar-refractivity contribution in [2.45, 2.75) is 90.0 Å². The topological polar surface area (TPSA) is 111 Å². The van der Waals surface area contributed by atoms with Gasteiger partial charge in [0.2, 0.25) is 0 Å². The molecule has 0 radical (unpaired) electrons. The largest absolute Gasteiger partial charge is 0.480 e. The highest BCUT2D eigenvalue weighted by Crippen LogP contribution is 2.28. The molecule has 198 valence electrons. The summed E-state index contributed by atoms with van der Waals surface area (Å²) in [5.74, 6) is -1.18. The van der Waals surface area contributed by atoms with E-state index in [2.05, 4.69) is 5.32 Å². The molecule has 4 N–H and O–H groups in total. The molecule has 1 saturated carbocycles. The Balaban J connectivity index is 0.000000558. The van der Waals surface area contributed by atoms with Crippen LogP contribution in [0.5, 0.6) is 0 Å². The second-order valence-electron chi connectivity index (χ2n) is 10.7. The van der Waals surface area contributed by atoms with E-state index < -0.39 is 29.3 Å². The lowest BCUT2D eigenvalue weighted by molar-refractivity contribution is -0.142. The third-order valence-corrected chi connectivity index (χ3v) is 5.96. The number of rotatable bonds is 7. The fourth-order valence-corrected chi connectivity index (χ4v) is 3.80. The maximum absolute atomic E-state index is 12.3. The van der Waals surface area contributed by atoms with Crippen molar-refractivity contribution in [2.75, 3.05) is 6.61 Å². The van der Waals surface area contributed by atoms with Crippen molar-refractivity contribution in [3.63, 3.8) is 0 Å². The van der Waals surface area contributed by atoms with Gasteiger partial charge in [0.1, 0.15) is 5.60 Å². The average Bonchev–Trinajstić information content (AvgIpc) is 2.82. The van der Waals surface area contributed by atoms with Crippen LogP contribution in [0.2, 0.25) is 0 Å². The van der Waals surface area contributed by atoms with E-state index in [9.17, 15) is 14.7 Å². The maximum atomic E-state index is 12.3. The molecule has 0 saturated heterocycles. The van der Waals surface area contributed by atoms with Crippen LogP contribution in [0.1, 0.15) is 72.3 Å². The first-order chi connectivity index (χ1) is 16.9. The van der Waals surface area contributed by atoms with E-state index in [0.29, 0.717) is 6.04 Å². The van der Waals surface area contributed by atoms with Crippen LogP contribution in [0.15, 0.2) is 54.6 Å². The van der Waals surface area contributed by atoms with Gasteiger partial charge in [-0.25, -0.2) is 9.59 Å². The smallest absolute Gasteiger partial charge is 0.408 e. The van der Waals surface area contributed by atoms with Crippen LogP contribution >= 0.6 is 0 Å². The minimum Gasteiger partial charge on any atom is -0.480 e. The number of carbonyl (C=O) groups excluding carboxylic acids is 1. The number of hydrogen-bond donors (Lipinski definition) is 3. The summed E-state index contributed by atoms with van der Waals surface area (Å²) in [5, 5.41) is 11.7. The number of nitrogens with one attached hydrogen (secondary N) is 1. The van der Waals surface area contributed by atoms with Crippen molar-refractivity contribution >= 4 is 12.1 Å². The number of carbonyl (C=O) groups is 2. The highest BCUT2D eigenvalue weighted by molar-refractivity contribution is 5.80. The van der Waals surface area contributed by atoms with Crippen LogP contribution in [0.3, 0.4) is 0 Å². The molecule has 0 aromatic heterocycles. The Bertz CT molecular complexity index is 946. The Kier molecular flexibility index (Phi) is 10.9. The number of alkyl carbamates (subject to hydrolysis) is 1. The van der Waals surface area contributed by atoms with Gasteiger partial charge in [-0.1, -0.05) is 73.9 Å². The van der Waals surface area contributed by atoms with Gasteiger partial charge in [-0.3, -0.25) is 0 Å². The first-order valence-corrected chi connectivity index (χ1v) is 12.7. The highest BCUT2D eigenvalue weighted by atomic mass is 16.6. The molecular weight excluding hydrogens is 456 g/mol. The van der Waals surface area contributed by atoms with E-state index in [4.69, 9.17) is 15.2 Å². The average molecular weight is 499 g/mol. The summed E-state index contributed by atoms with van der Waals surface area (Å²) in [5.41, 5.74) is 7.13. The second-order valence-corrected chi connectivity index (χ2v) is 10.7. The molecule has 0 aliphatic heterocycles. The number of ether oxygens (including phenoxy) is 2. The van der Waals surface area contributed by atoms with Crippen molar-refractivity contribution in [3.8, 4) is 11.1 Å². The van der Waals surface area contributed by atoms with Gasteiger partial charge in [-0.2, -0.15) is 0 Å². The quantitative estimate of drug-likeness (QED) is 0.441. The van der Waals surface area contributed by atoms with Crippen molar-refractivity contribution in [1.82, 2.24) is 5.32 Å². The monoisotopic (exact) mass is 498 g/mol. The lowest BCUT2D eigenvalue weighted by atomic mass is 9.95. The molecule has 0 heterocycles. The molecule has 2 aromatic carbocycles. The number of aliphatic carboxylic acids is 1. The van der Waals surface area contributed by atoms with Crippen LogP contribution in [0.4, 0.5) is 4.79 Å². The molecule has 1 fully saturated rings. The summed E-state index contributed by atoms with van der Waals surface area (Å²) in [4.78, 5) is 23.7. The zero-order valence-corrected chi connectivity index (χ0v) is 22.3. The first-order valence-electron chi connectivity index (χ1n) is 12.7. The Morgan fingerprint density at radius 2 is 1.50 bits per heavy atom. The van der Waals surface area contributed by atoms with Gasteiger partial charge in [0.25, 0.3) is 0 Å². The van der Waals surface area contributed by atoms with Crippen LogP contribution in [-0.2, 0) is 19.9 Å². The number of amides is 1. The fourth-order valence-electron chi connectivity index (χ4n) is 3.80. The van der Waals surface area contributed by atoms with E-state index in [1.807, 2.05) is 75.4 Å². The molecule has 7 nitrogen and oxygen atoms in total. The molecule has 7 heteroatoms. The summed E-state index contributed by atoms with van der Waals surface area (Å²) in [6, 6.07) is 17.0. The maximum Gasteiger partial charge on any atom is 0.408 e. The normalized spacial score (nSPS) is 15.3. The number of carboxylic acid groups (broad SMARTS) is 1. The van der Waals surface area contributed by atoms with Gasteiger partial charge in [-0.05, 0) is 64.2 Å². The molecule has 1 aliphatic carbocycles. The second kappa shape index (κ2) is 13.4. The van der Waals surface area contributed by atoms with Crippen LogP contribution < -0.4 is 11.1 Å². The minimum absolute atomic E-state index is 0.153. The van der Waals surface area contributed by atoms with Gasteiger partial charge in [0.15, 0.2) is 6.04 Å². The summed E-state index contributed by atoms with van der Waals surface area (Å²) in [6.07, 6.45) is 5.85. The number of hydrogen-bond acceptors (Lipinski definition) is 5. The van der Waals surface area contributed by atoms with Gasteiger partial charge >= 0.3 is 12.1 Å². The van der Waals surface area contributed by atoms with Gasteiger partial charge < -0.3 is 25.6 Å². The van der Waals surface area contributed by atoms with Crippen LogP contribution in [0.25, 0.3) is 11.1 Å². The molecule has 0 spiro atoms. The van der Waals surface area contributed by atoms with Crippen molar-refractivity contribution in [1.29, 1.82) is 0 Å². The van der Waals surface area contributed by atoms with E-state index in [0.717, 1.165) is 16.7 Å². The molecule has 0 bridgehead atoms. The van der Waals surface area contributed by atoms with Crippen LogP contribution in [0, 0.1) is 0 Å². The predicted molar refractivity (Wildman–Crippen MR) is 143 cm³/mol. The Labute approximate surface area is 215 Å². The zero-order valence-electron chi connectivity index (χ0n) is 22.3. The van der Waals surface area contributed by atoms with E-state index in [1.165, 1.54) is 32.1 Å². The van der Waals surface area contributed by atoms with Crippen LogP contribution in [-0.4, -0.2) is 41.5 Å². The minimum atomic E-state index is -1.20. The molecule has 1 aliphatic rings. The first kappa shape index (κ1) is 29.3. The summed E-state index contributed by atoms with van der Waals surface area (Å²) >= 11 is 0. The molecular formula is C29H42N2O5. The van der Waals surface area contributed by atoms with Crippen molar-refractivity contribution in [3.05, 3.63) is 60.2 Å².